The molecule has 6 nitrogen and oxygen atoms in total. The Bertz CT molecular complexity index is 769. The molecular formula is C18H20N2O4. The van der Waals surface area contributed by atoms with Crippen molar-refractivity contribution in [1.29, 1.82) is 0 Å². The molecule has 0 aliphatic heterocycles. The van der Waals surface area contributed by atoms with Gasteiger partial charge in [0.15, 0.2) is 12.4 Å². The predicted octanol–water partition coefficient (Wildman–Crippen LogP) is 3.00. The van der Waals surface area contributed by atoms with Crippen molar-refractivity contribution in [2.45, 2.75) is 26.3 Å². The highest BCUT2D eigenvalue weighted by Crippen LogP contribution is 2.16. The first-order valence-corrected chi connectivity index (χ1v) is 7.48. The summed E-state index contributed by atoms with van der Waals surface area (Å²) >= 11 is 0. The molecule has 0 amide bonds. The molecule has 0 aliphatic rings. The second-order valence-corrected chi connectivity index (χ2v) is 6.30. The first-order valence-electron chi connectivity index (χ1n) is 7.48. The van der Waals surface area contributed by atoms with E-state index in [1.165, 1.54) is 12.1 Å². The molecule has 1 aromatic heterocycles. The van der Waals surface area contributed by atoms with E-state index < -0.39 is 12.6 Å². The first kappa shape index (κ1) is 17.5. The quantitative estimate of drug-likeness (QED) is 0.651. The van der Waals surface area contributed by atoms with Crippen LogP contribution in [0.1, 0.15) is 36.7 Å². The number of aliphatic carboxylic acids is 1. The molecule has 1 N–H and O–H groups in total. The van der Waals surface area contributed by atoms with Crippen molar-refractivity contribution in [3.8, 4) is 5.75 Å². The van der Waals surface area contributed by atoms with Crippen molar-refractivity contribution in [3.05, 3.63) is 53.9 Å². The van der Waals surface area contributed by atoms with E-state index in [1.54, 1.807) is 30.5 Å². The lowest BCUT2D eigenvalue weighted by Gasteiger charge is -2.18. The third kappa shape index (κ3) is 4.81. The Morgan fingerprint density at radius 1 is 1.33 bits per heavy atom. The second-order valence-electron chi connectivity index (χ2n) is 6.30. The minimum atomic E-state index is -1.07. The van der Waals surface area contributed by atoms with E-state index in [0.29, 0.717) is 11.3 Å². The Labute approximate surface area is 140 Å². The number of rotatable bonds is 6. The number of aromatic nitrogens is 2. The molecule has 6 heteroatoms. The normalized spacial score (nSPS) is 11.6. The van der Waals surface area contributed by atoms with E-state index in [2.05, 4.69) is 5.10 Å². The zero-order valence-electron chi connectivity index (χ0n) is 13.9. The number of carboxylic acid groups (broad SMARTS) is 1. The minimum Gasteiger partial charge on any atom is -0.482 e. The Balaban J connectivity index is 2.07. The van der Waals surface area contributed by atoms with Crippen LogP contribution in [0.25, 0.3) is 6.08 Å². The van der Waals surface area contributed by atoms with Crippen molar-refractivity contribution < 1.29 is 19.4 Å². The fourth-order valence-corrected chi connectivity index (χ4v) is 1.94. The SMILES string of the molecule is CC(C)(C)n1cc(/C=C\C(=O)c2cccc(OCC(=O)O)c2)cn1. The summed E-state index contributed by atoms with van der Waals surface area (Å²) in [5.41, 5.74) is 1.14. The molecular weight excluding hydrogens is 308 g/mol. The van der Waals surface area contributed by atoms with Gasteiger partial charge in [-0.15, -0.1) is 0 Å². The summed E-state index contributed by atoms with van der Waals surface area (Å²) < 4.78 is 6.90. The number of ether oxygens (including phenoxy) is 1. The lowest BCUT2D eigenvalue weighted by molar-refractivity contribution is -0.139. The third-order valence-electron chi connectivity index (χ3n) is 3.20. The lowest BCUT2D eigenvalue weighted by Crippen LogP contribution is -2.21. The zero-order chi connectivity index (χ0) is 17.7. The van der Waals surface area contributed by atoms with Crippen LogP contribution in [0, 0.1) is 0 Å². The maximum Gasteiger partial charge on any atom is 0.341 e. The summed E-state index contributed by atoms with van der Waals surface area (Å²) in [6.07, 6.45) is 6.72. The molecule has 2 rings (SSSR count). The van der Waals surface area contributed by atoms with Crippen LogP contribution >= 0.6 is 0 Å². The summed E-state index contributed by atoms with van der Waals surface area (Å²) in [6, 6.07) is 6.43. The van der Waals surface area contributed by atoms with Crippen LogP contribution in [-0.4, -0.2) is 33.2 Å². The molecule has 126 valence electrons. The standard InChI is InChI=1S/C18H20N2O4/c1-18(2,3)20-11-13(10-19-20)7-8-16(21)14-5-4-6-15(9-14)24-12-17(22)23/h4-11H,12H2,1-3H3,(H,22,23)/b8-7-. The maximum atomic E-state index is 12.2. The molecule has 0 fully saturated rings. The predicted molar refractivity (Wildman–Crippen MR) is 90.2 cm³/mol. The van der Waals surface area contributed by atoms with Crippen molar-refractivity contribution in [1.82, 2.24) is 9.78 Å². The topological polar surface area (TPSA) is 81.4 Å². The number of carboxylic acids is 1. The van der Waals surface area contributed by atoms with Crippen molar-refractivity contribution in [3.63, 3.8) is 0 Å². The van der Waals surface area contributed by atoms with Gasteiger partial charge >= 0.3 is 5.97 Å². The Kier molecular flexibility index (Phi) is 5.18. The number of carbonyl (C=O) groups is 2. The number of allylic oxidation sites excluding steroid dienone is 1. The van der Waals surface area contributed by atoms with Gasteiger partial charge in [0.25, 0.3) is 0 Å². The number of carbonyl (C=O) groups excluding carboxylic acids is 1. The summed E-state index contributed by atoms with van der Waals surface area (Å²) in [5, 5.41) is 12.9. The monoisotopic (exact) mass is 328 g/mol. The zero-order valence-corrected chi connectivity index (χ0v) is 13.9. The highest BCUT2D eigenvalue weighted by molar-refractivity contribution is 6.07. The molecule has 0 unspecified atom stereocenters. The Morgan fingerprint density at radius 3 is 2.71 bits per heavy atom. The van der Waals surface area contributed by atoms with Crippen molar-refractivity contribution in [2.24, 2.45) is 0 Å². The number of benzene rings is 1. The molecule has 0 saturated heterocycles. The average molecular weight is 328 g/mol. The van der Waals surface area contributed by atoms with E-state index in [0.717, 1.165) is 5.56 Å². The first-order chi connectivity index (χ1) is 11.3. The van der Waals surface area contributed by atoms with Gasteiger partial charge in [0.1, 0.15) is 5.75 Å². The number of hydrogen-bond donors (Lipinski definition) is 1. The number of ketones is 1. The van der Waals surface area contributed by atoms with Gasteiger partial charge in [-0.05, 0) is 45.1 Å². The van der Waals surface area contributed by atoms with Crippen LogP contribution in [0.5, 0.6) is 5.75 Å². The lowest BCUT2D eigenvalue weighted by atomic mass is 10.1. The fourth-order valence-electron chi connectivity index (χ4n) is 1.94. The minimum absolute atomic E-state index is 0.119. The van der Waals surface area contributed by atoms with Gasteiger partial charge in [-0.25, -0.2) is 4.79 Å². The largest absolute Gasteiger partial charge is 0.482 e. The smallest absolute Gasteiger partial charge is 0.341 e. The third-order valence-corrected chi connectivity index (χ3v) is 3.20. The van der Waals surface area contributed by atoms with Gasteiger partial charge in [-0.1, -0.05) is 12.1 Å². The van der Waals surface area contributed by atoms with Crippen molar-refractivity contribution >= 4 is 17.8 Å². The molecule has 0 spiro atoms. The number of hydrogen-bond acceptors (Lipinski definition) is 4. The average Bonchev–Trinajstić information content (AvgIpc) is 3.00. The molecule has 24 heavy (non-hydrogen) atoms. The highest BCUT2D eigenvalue weighted by Gasteiger charge is 2.13. The van der Waals surface area contributed by atoms with E-state index in [9.17, 15) is 9.59 Å². The molecule has 0 saturated carbocycles. The van der Waals surface area contributed by atoms with Crippen LogP contribution < -0.4 is 4.74 Å². The van der Waals surface area contributed by atoms with Gasteiger partial charge in [0, 0.05) is 17.3 Å². The van der Waals surface area contributed by atoms with E-state index >= 15 is 0 Å². The summed E-state index contributed by atoms with van der Waals surface area (Å²) in [6.45, 7) is 5.68. The van der Waals surface area contributed by atoms with Gasteiger partial charge in [-0.2, -0.15) is 5.10 Å². The molecule has 0 radical (unpaired) electrons. The molecule has 1 heterocycles. The summed E-state index contributed by atoms with van der Waals surface area (Å²) in [4.78, 5) is 22.7. The van der Waals surface area contributed by atoms with E-state index in [4.69, 9.17) is 9.84 Å². The molecule has 1 aromatic carbocycles. The molecule has 0 aliphatic carbocycles. The van der Waals surface area contributed by atoms with Gasteiger partial charge in [-0.3, -0.25) is 9.48 Å². The summed E-state index contributed by atoms with van der Waals surface area (Å²) in [7, 11) is 0. The van der Waals surface area contributed by atoms with E-state index in [1.807, 2.05) is 31.6 Å². The van der Waals surface area contributed by atoms with Gasteiger partial charge in [0.2, 0.25) is 0 Å². The summed E-state index contributed by atoms with van der Waals surface area (Å²) in [5.74, 6) is -0.918. The highest BCUT2D eigenvalue weighted by atomic mass is 16.5. The molecule has 0 bridgehead atoms. The molecule has 2 aromatic rings. The van der Waals surface area contributed by atoms with Crippen LogP contribution in [0.3, 0.4) is 0 Å². The van der Waals surface area contributed by atoms with Crippen molar-refractivity contribution in [2.75, 3.05) is 6.61 Å². The fraction of sp³-hybridized carbons (Fsp3) is 0.278. The Morgan fingerprint density at radius 2 is 2.08 bits per heavy atom. The Hall–Kier alpha value is -2.89. The number of nitrogens with zero attached hydrogens (tertiary/aromatic N) is 2. The van der Waals surface area contributed by atoms with Crippen LogP contribution in [-0.2, 0) is 10.3 Å². The van der Waals surface area contributed by atoms with Crippen LogP contribution in [0.15, 0.2) is 42.7 Å². The van der Waals surface area contributed by atoms with Gasteiger partial charge < -0.3 is 9.84 Å². The maximum absolute atomic E-state index is 12.2. The molecule has 0 atom stereocenters. The van der Waals surface area contributed by atoms with Crippen LogP contribution in [0.4, 0.5) is 0 Å². The van der Waals surface area contributed by atoms with E-state index in [-0.39, 0.29) is 11.3 Å². The van der Waals surface area contributed by atoms with Gasteiger partial charge in [0.05, 0.1) is 11.7 Å². The second kappa shape index (κ2) is 7.12. The van der Waals surface area contributed by atoms with Crippen LogP contribution in [0.2, 0.25) is 0 Å².